The second-order valence-corrected chi connectivity index (χ2v) is 3.74. The van der Waals surface area contributed by atoms with E-state index in [0.717, 1.165) is 13.0 Å². The lowest BCUT2D eigenvalue weighted by atomic mass is 10.1. The number of hydrogen-bond donors (Lipinski definition) is 1. The van der Waals surface area contributed by atoms with Crippen LogP contribution in [-0.4, -0.2) is 19.1 Å². The first-order valence-electron chi connectivity index (χ1n) is 4.91. The molecule has 0 saturated carbocycles. The van der Waals surface area contributed by atoms with Crippen molar-refractivity contribution in [2.45, 2.75) is 12.5 Å². The van der Waals surface area contributed by atoms with Crippen molar-refractivity contribution in [1.29, 1.82) is 5.26 Å². The van der Waals surface area contributed by atoms with Gasteiger partial charge in [-0.25, -0.2) is 4.39 Å². The zero-order valence-electron chi connectivity index (χ0n) is 8.28. The van der Waals surface area contributed by atoms with Crippen LogP contribution in [0.4, 0.5) is 10.1 Å². The molecular formula is C11H12FN3. The van der Waals surface area contributed by atoms with E-state index in [4.69, 9.17) is 11.0 Å². The molecule has 1 heterocycles. The van der Waals surface area contributed by atoms with Crippen molar-refractivity contribution < 1.29 is 4.39 Å². The summed E-state index contributed by atoms with van der Waals surface area (Å²) >= 11 is 0. The highest BCUT2D eigenvalue weighted by atomic mass is 19.1. The van der Waals surface area contributed by atoms with Gasteiger partial charge < -0.3 is 10.6 Å². The molecule has 0 bridgehead atoms. The first kappa shape index (κ1) is 9.94. The highest BCUT2D eigenvalue weighted by molar-refractivity contribution is 5.60. The Morgan fingerprint density at radius 2 is 2.33 bits per heavy atom. The summed E-state index contributed by atoms with van der Waals surface area (Å²) in [6.45, 7) is 1.48. The Bertz CT molecular complexity index is 411. The molecule has 0 aromatic heterocycles. The predicted octanol–water partition coefficient (Wildman–Crippen LogP) is 1.23. The minimum Gasteiger partial charge on any atom is -0.369 e. The van der Waals surface area contributed by atoms with Crippen LogP contribution in [0, 0.1) is 17.1 Å². The highest BCUT2D eigenvalue weighted by Crippen LogP contribution is 2.25. The number of anilines is 1. The molecule has 78 valence electrons. The van der Waals surface area contributed by atoms with E-state index < -0.39 is 5.82 Å². The van der Waals surface area contributed by atoms with Crippen LogP contribution in [0.2, 0.25) is 0 Å². The number of nitrogens with zero attached hydrogens (tertiary/aromatic N) is 2. The SMILES string of the molecule is N#Cc1c(F)cccc1N1CC[C@@H](N)C1. The molecule has 0 aliphatic carbocycles. The van der Waals surface area contributed by atoms with Gasteiger partial charge in [0.15, 0.2) is 0 Å². The van der Waals surface area contributed by atoms with Gasteiger partial charge in [-0.2, -0.15) is 5.26 Å². The van der Waals surface area contributed by atoms with Crippen molar-refractivity contribution in [3.63, 3.8) is 0 Å². The zero-order chi connectivity index (χ0) is 10.8. The molecule has 1 aromatic rings. The maximum Gasteiger partial charge on any atom is 0.143 e. The molecule has 0 radical (unpaired) electrons. The smallest absolute Gasteiger partial charge is 0.143 e. The predicted molar refractivity (Wildman–Crippen MR) is 55.9 cm³/mol. The van der Waals surface area contributed by atoms with Crippen molar-refractivity contribution in [3.05, 3.63) is 29.6 Å². The van der Waals surface area contributed by atoms with Gasteiger partial charge in [-0.05, 0) is 18.6 Å². The van der Waals surface area contributed by atoms with E-state index in [0.29, 0.717) is 12.2 Å². The minimum absolute atomic E-state index is 0.117. The second kappa shape index (κ2) is 3.87. The van der Waals surface area contributed by atoms with Crippen LogP contribution >= 0.6 is 0 Å². The minimum atomic E-state index is -0.463. The van der Waals surface area contributed by atoms with Crippen LogP contribution in [0.25, 0.3) is 0 Å². The fourth-order valence-electron chi connectivity index (χ4n) is 1.89. The third-order valence-corrected chi connectivity index (χ3v) is 2.67. The summed E-state index contributed by atoms with van der Waals surface area (Å²) in [7, 11) is 0. The van der Waals surface area contributed by atoms with Gasteiger partial charge in [0.25, 0.3) is 0 Å². The summed E-state index contributed by atoms with van der Waals surface area (Å²) in [4.78, 5) is 1.96. The summed E-state index contributed by atoms with van der Waals surface area (Å²) in [5.41, 5.74) is 6.55. The summed E-state index contributed by atoms with van der Waals surface area (Å²) in [5.74, 6) is -0.463. The third kappa shape index (κ3) is 1.79. The number of benzene rings is 1. The number of rotatable bonds is 1. The molecular weight excluding hydrogens is 193 g/mol. The van der Waals surface area contributed by atoms with Gasteiger partial charge in [0.1, 0.15) is 17.4 Å². The Kier molecular flexibility index (Phi) is 2.57. The highest BCUT2D eigenvalue weighted by Gasteiger charge is 2.22. The largest absolute Gasteiger partial charge is 0.369 e. The fourth-order valence-corrected chi connectivity index (χ4v) is 1.89. The fraction of sp³-hybridized carbons (Fsp3) is 0.364. The maximum absolute atomic E-state index is 13.3. The molecule has 1 aliphatic heterocycles. The first-order chi connectivity index (χ1) is 7.22. The van der Waals surface area contributed by atoms with Gasteiger partial charge in [0.2, 0.25) is 0 Å². The van der Waals surface area contributed by atoms with Gasteiger partial charge >= 0.3 is 0 Å². The van der Waals surface area contributed by atoms with Crippen LogP contribution in [0.15, 0.2) is 18.2 Å². The molecule has 2 N–H and O–H groups in total. The number of nitriles is 1. The van der Waals surface area contributed by atoms with Gasteiger partial charge in [-0.15, -0.1) is 0 Å². The Labute approximate surface area is 87.9 Å². The second-order valence-electron chi connectivity index (χ2n) is 3.74. The quantitative estimate of drug-likeness (QED) is 0.750. The Balaban J connectivity index is 2.36. The average molecular weight is 205 g/mol. The van der Waals surface area contributed by atoms with Crippen molar-refractivity contribution in [1.82, 2.24) is 0 Å². The van der Waals surface area contributed by atoms with Crippen molar-refractivity contribution in [2.75, 3.05) is 18.0 Å². The molecule has 0 spiro atoms. The van der Waals surface area contributed by atoms with E-state index in [9.17, 15) is 4.39 Å². The molecule has 3 nitrogen and oxygen atoms in total. The molecule has 1 fully saturated rings. The van der Waals surface area contributed by atoms with E-state index in [-0.39, 0.29) is 11.6 Å². The van der Waals surface area contributed by atoms with E-state index in [1.165, 1.54) is 6.07 Å². The van der Waals surface area contributed by atoms with Crippen LogP contribution < -0.4 is 10.6 Å². The summed E-state index contributed by atoms with van der Waals surface area (Å²) in [6, 6.07) is 6.71. The molecule has 4 heteroatoms. The summed E-state index contributed by atoms with van der Waals surface area (Å²) < 4.78 is 13.3. The average Bonchev–Trinajstić information content (AvgIpc) is 2.64. The van der Waals surface area contributed by atoms with Crippen LogP contribution in [0.3, 0.4) is 0 Å². The molecule has 1 aromatic carbocycles. The Hall–Kier alpha value is -1.60. The molecule has 1 saturated heterocycles. The lowest BCUT2D eigenvalue weighted by Crippen LogP contribution is -2.26. The molecule has 1 atom stereocenters. The van der Waals surface area contributed by atoms with Gasteiger partial charge in [-0.3, -0.25) is 0 Å². The lowest BCUT2D eigenvalue weighted by Gasteiger charge is -2.19. The van der Waals surface area contributed by atoms with Gasteiger partial charge in [0.05, 0.1) is 5.69 Å². The third-order valence-electron chi connectivity index (χ3n) is 2.67. The zero-order valence-corrected chi connectivity index (χ0v) is 8.28. The Morgan fingerprint density at radius 1 is 1.53 bits per heavy atom. The molecule has 2 rings (SSSR count). The Morgan fingerprint density at radius 3 is 2.93 bits per heavy atom. The summed E-state index contributed by atoms with van der Waals surface area (Å²) in [6.07, 6.45) is 0.890. The molecule has 0 unspecified atom stereocenters. The lowest BCUT2D eigenvalue weighted by molar-refractivity contribution is 0.623. The number of nitrogens with two attached hydrogens (primary N) is 1. The van der Waals surface area contributed by atoms with Crippen LogP contribution in [0.1, 0.15) is 12.0 Å². The van der Waals surface area contributed by atoms with Gasteiger partial charge in [0, 0.05) is 19.1 Å². The number of hydrogen-bond acceptors (Lipinski definition) is 3. The monoisotopic (exact) mass is 205 g/mol. The molecule has 0 amide bonds. The molecule has 1 aliphatic rings. The standard InChI is InChI=1S/C11H12FN3/c12-10-2-1-3-11(9(10)6-13)15-5-4-8(14)7-15/h1-3,8H,4-5,7,14H2/t8-/m1/s1. The van der Waals surface area contributed by atoms with Crippen LogP contribution in [-0.2, 0) is 0 Å². The topological polar surface area (TPSA) is 53.0 Å². The van der Waals surface area contributed by atoms with E-state index >= 15 is 0 Å². The van der Waals surface area contributed by atoms with Crippen LogP contribution in [0.5, 0.6) is 0 Å². The maximum atomic E-state index is 13.3. The van der Waals surface area contributed by atoms with Crippen molar-refractivity contribution in [2.24, 2.45) is 5.73 Å². The van der Waals surface area contributed by atoms with Gasteiger partial charge in [-0.1, -0.05) is 6.07 Å². The van der Waals surface area contributed by atoms with E-state index in [2.05, 4.69) is 0 Å². The van der Waals surface area contributed by atoms with Crippen molar-refractivity contribution >= 4 is 5.69 Å². The van der Waals surface area contributed by atoms with Crippen molar-refractivity contribution in [3.8, 4) is 6.07 Å². The number of halogens is 1. The summed E-state index contributed by atoms with van der Waals surface area (Å²) in [5, 5.41) is 8.88. The first-order valence-corrected chi connectivity index (χ1v) is 4.91. The molecule has 15 heavy (non-hydrogen) atoms. The van der Waals surface area contributed by atoms with E-state index in [1.54, 1.807) is 12.1 Å². The normalized spacial score (nSPS) is 20.3. The van der Waals surface area contributed by atoms with E-state index in [1.807, 2.05) is 11.0 Å².